The molecule has 190 valence electrons. The van der Waals surface area contributed by atoms with Crippen molar-refractivity contribution in [1.29, 1.82) is 0 Å². The molecule has 0 spiro atoms. The van der Waals surface area contributed by atoms with E-state index in [9.17, 15) is 14.4 Å². The smallest absolute Gasteiger partial charge is 0.322 e. The molecule has 3 aliphatic rings. The highest BCUT2D eigenvalue weighted by molar-refractivity contribution is 5.91. The Morgan fingerprint density at radius 3 is 2.44 bits per heavy atom. The van der Waals surface area contributed by atoms with Crippen molar-refractivity contribution < 1.29 is 14.4 Å². The zero-order valence-corrected chi connectivity index (χ0v) is 20.8. The van der Waals surface area contributed by atoms with Crippen molar-refractivity contribution in [2.75, 3.05) is 25.0 Å². The van der Waals surface area contributed by atoms with Gasteiger partial charge in [0.05, 0.1) is 5.92 Å². The van der Waals surface area contributed by atoms with Gasteiger partial charge in [-0.05, 0) is 55.4 Å². The van der Waals surface area contributed by atoms with Crippen LogP contribution in [0, 0.1) is 11.8 Å². The summed E-state index contributed by atoms with van der Waals surface area (Å²) >= 11 is 0. The SMILES string of the molecule is O=C1NCCCCCCN(C(=O)Nc2ccccc2)C2CC(C(=O)N3CCc4ccccc4C3)CC12. The van der Waals surface area contributed by atoms with E-state index in [1.54, 1.807) is 0 Å². The fourth-order valence-corrected chi connectivity index (χ4v) is 6.02. The summed E-state index contributed by atoms with van der Waals surface area (Å²) in [6, 6.07) is 17.2. The topological polar surface area (TPSA) is 81.8 Å². The Morgan fingerprint density at radius 1 is 0.861 bits per heavy atom. The summed E-state index contributed by atoms with van der Waals surface area (Å²) in [5, 5.41) is 6.11. The number of hydrogen-bond donors (Lipinski definition) is 2. The molecule has 2 heterocycles. The zero-order valence-electron chi connectivity index (χ0n) is 20.8. The van der Waals surface area contributed by atoms with Crippen LogP contribution in [0.25, 0.3) is 0 Å². The molecular formula is C29H36N4O3. The second kappa shape index (κ2) is 11.1. The third-order valence-corrected chi connectivity index (χ3v) is 7.97. The molecule has 1 aliphatic carbocycles. The molecular weight excluding hydrogens is 452 g/mol. The Kier molecular flexibility index (Phi) is 7.54. The van der Waals surface area contributed by atoms with Crippen molar-refractivity contribution in [3.05, 3.63) is 65.7 Å². The standard InChI is InChI=1S/C29H36N4O3/c34-27-25-18-23(28(35)32-17-14-21-10-6-7-11-22(21)20-32)19-26(25)33(16-9-2-1-8-15-30-27)29(36)31-24-12-4-3-5-13-24/h3-7,10-13,23,25-26H,1-2,8-9,14-20H2,(H,30,34)(H,31,36). The minimum absolute atomic E-state index is 0.0290. The third kappa shape index (κ3) is 5.40. The Hall–Kier alpha value is -3.35. The number of rotatable bonds is 2. The van der Waals surface area contributed by atoms with E-state index in [-0.39, 0.29) is 35.7 Å². The number of carbonyl (C=O) groups is 3. The quantitative estimate of drug-likeness (QED) is 0.665. The molecule has 0 aromatic heterocycles. The molecule has 1 saturated carbocycles. The van der Waals surface area contributed by atoms with E-state index in [2.05, 4.69) is 22.8 Å². The predicted octanol–water partition coefficient (Wildman–Crippen LogP) is 4.19. The summed E-state index contributed by atoms with van der Waals surface area (Å²) in [7, 11) is 0. The van der Waals surface area contributed by atoms with Gasteiger partial charge in [0.2, 0.25) is 11.8 Å². The molecule has 2 aliphatic heterocycles. The average molecular weight is 489 g/mol. The lowest BCUT2D eigenvalue weighted by atomic mass is 9.97. The van der Waals surface area contributed by atoms with E-state index in [4.69, 9.17) is 0 Å². The Morgan fingerprint density at radius 2 is 1.61 bits per heavy atom. The molecule has 1 saturated heterocycles. The van der Waals surface area contributed by atoms with Gasteiger partial charge in [-0.3, -0.25) is 9.59 Å². The van der Waals surface area contributed by atoms with Crippen molar-refractivity contribution in [1.82, 2.24) is 15.1 Å². The summed E-state index contributed by atoms with van der Waals surface area (Å²) in [5.41, 5.74) is 3.24. The normalized spacial score (nSPS) is 24.7. The highest BCUT2D eigenvalue weighted by Gasteiger charge is 2.46. The zero-order chi connectivity index (χ0) is 24.9. The molecule has 5 rings (SSSR count). The van der Waals surface area contributed by atoms with Crippen molar-refractivity contribution in [3.8, 4) is 0 Å². The Bertz CT molecular complexity index is 1090. The van der Waals surface area contributed by atoms with Crippen LogP contribution in [-0.4, -0.2) is 53.3 Å². The van der Waals surface area contributed by atoms with Crippen molar-refractivity contribution in [2.24, 2.45) is 11.8 Å². The Labute approximate surface area is 213 Å². The van der Waals surface area contributed by atoms with Crippen LogP contribution in [0.4, 0.5) is 10.5 Å². The number of carbonyl (C=O) groups excluding carboxylic acids is 3. The third-order valence-electron chi connectivity index (χ3n) is 7.97. The van der Waals surface area contributed by atoms with Gasteiger partial charge in [-0.1, -0.05) is 55.3 Å². The predicted molar refractivity (Wildman–Crippen MR) is 139 cm³/mol. The highest BCUT2D eigenvalue weighted by Crippen LogP contribution is 2.38. The number of nitrogens with zero attached hydrogens (tertiary/aromatic N) is 2. The van der Waals surface area contributed by atoms with Crippen LogP contribution in [0.15, 0.2) is 54.6 Å². The van der Waals surface area contributed by atoms with Gasteiger partial charge in [0.1, 0.15) is 0 Å². The van der Waals surface area contributed by atoms with Crippen molar-refractivity contribution in [2.45, 2.75) is 57.5 Å². The number of amides is 4. The van der Waals surface area contributed by atoms with Gasteiger partial charge in [0.15, 0.2) is 0 Å². The first-order valence-corrected chi connectivity index (χ1v) is 13.4. The average Bonchev–Trinajstić information content (AvgIpc) is 3.34. The minimum Gasteiger partial charge on any atom is -0.356 e. The second-order valence-electron chi connectivity index (χ2n) is 10.3. The maximum Gasteiger partial charge on any atom is 0.322 e. The highest BCUT2D eigenvalue weighted by atomic mass is 16.2. The van der Waals surface area contributed by atoms with E-state index in [1.807, 2.05) is 52.3 Å². The van der Waals surface area contributed by atoms with Gasteiger partial charge in [0.25, 0.3) is 0 Å². The van der Waals surface area contributed by atoms with E-state index in [0.717, 1.165) is 37.8 Å². The molecule has 3 atom stereocenters. The molecule has 2 N–H and O–H groups in total. The van der Waals surface area contributed by atoms with E-state index < -0.39 is 0 Å². The maximum absolute atomic E-state index is 13.7. The lowest BCUT2D eigenvalue weighted by molar-refractivity contribution is -0.136. The van der Waals surface area contributed by atoms with Gasteiger partial charge in [0, 0.05) is 43.8 Å². The van der Waals surface area contributed by atoms with Crippen LogP contribution in [-0.2, 0) is 22.6 Å². The summed E-state index contributed by atoms with van der Waals surface area (Å²) in [5.74, 6) is -0.555. The van der Waals surface area contributed by atoms with Gasteiger partial charge >= 0.3 is 6.03 Å². The first-order chi connectivity index (χ1) is 17.6. The largest absolute Gasteiger partial charge is 0.356 e. The maximum atomic E-state index is 13.7. The summed E-state index contributed by atoms with van der Waals surface area (Å²) in [6.07, 6.45) is 5.74. The molecule has 3 unspecified atom stereocenters. The molecule has 2 aromatic rings. The monoisotopic (exact) mass is 488 g/mol. The summed E-state index contributed by atoms with van der Waals surface area (Å²) in [4.78, 5) is 44.2. The molecule has 0 bridgehead atoms. The fraction of sp³-hybridized carbons (Fsp3) is 0.483. The van der Waals surface area contributed by atoms with Crippen LogP contribution < -0.4 is 10.6 Å². The van der Waals surface area contributed by atoms with Crippen LogP contribution in [0.2, 0.25) is 0 Å². The van der Waals surface area contributed by atoms with Crippen LogP contribution in [0.1, 0.15) is 49.7 Å². The number of nitrogens with one attached hydrogen (secondary N) is 2. The van der Waals surface area contributed by atoms with Gasteiger partial charge in [-0.2, -0.15) is 0 Å². The lowest BCUT2D eigenvalue weighted by Gasteiger charge is -2.33. The number of fused-ring (bicyclic) bond motifs is 2. The second-order valence-corrected chi connectivity index (χ2v) is 10.3. The molecule has 4 amide bonds. The number of urea groups is 1. The van der Waals surface area contributed by atoms with Crippen molar-refractivity contribution >= 4 is 23.5 Å². The fourth-order valence-electron chi connectivity index (χ4n) is 6.02. The number of anilines is 1. The number of hydrogen-bond acceptors (Lipinski definition) is 3. The van der Waals surface area contributed by atoms with Crippen molar-refractivity contribution in [3.63, 3.8) is 0 Å². The Balaban J connectivity index is 1.36. The van der Waals surface area contributed by atoms with Crippen LogP contribution >= 0.6 is 0 Å². The summed E-state index contributed by atoms with van der Waals surface area (Å²) < 4.78 is 0. The van der Waals surface area contributed by atoms with Gasteiger partial charge < -0.3 is 20.4 Å². The summed E-state index contributed by atoms with van der Waals surface area (Å²) in [6.45, 7) is 2.56. The molecule has 7 heteroatoms. The molecule has 2 fully saturated rings. The molecule has 2 aromatic carbocycles. The molecule has 0 radical (unpaired) electrons. The first kappa shape index (κ1) is 24.3. The van der Waals surface area contributed by atoms with Crippen LogP contribution in [0.5, 0.6) is 0 Å². The van der Waals surface area contributed by atoms with E-state index in [1.165, 1.54) is 11.1 Å². The lowest BCUT2D eigenvalue weighted by Crippen LogP contribution is -2.49. The van der Waals surface area contributed by atoms with Gasteiger partial charge in [-0.15, -0.1) is 0 Å². The van der Waals surface area contributed by atoms with E-state index >= 15 is 0 Å². The number of benzene rings is 2. The number of para-hydroxylation sites is 1. The molecule has 36 heavy (non-hydrogen) atoms. The van der Waals surface area contributed by atoms with E-state index in [0.29, 0.717) is 39.0 Å². The minimum atomic E-state index is -0.379. The van der Waals surface area contributed by atoms with Crippen LogP contribution in [0.3, 0.4) is 0 Å². The molecule has 7 nitrogen and oxygen atoms in total. The first-order valence-electron chi connectivity index (χ1n) is 13.4. The van der Waals surface area contributed by atoms with Gasteiger partial charge in [-0.25, -0.2) is 4.79 Å².